The van der Waals surface area contributed by atoms with Gasteiger partial charge in [0.15, 0.2) is 17.6 Å². The second-order valence-corrected chi connectivity index (χ2v) is 4.94. The second kappa shape index (κ2) is 6.47. The standard InChI is InChI=1S/C15H19NO5/c1-10(21-13-8-4-3-7-12(13)20-2)14(17)16-9-5-6-11(16)15(18)19/h3-4,7-8,10-11H,5-6,9H2,1-2H3,(H,18,19). The Hall–Kier alpha value is -2.24. The van der Waals surface area contributed by atoms with E-state index in [9.17, 15) is 9.59 Å². The SMILES string of the molecule is COc1ccccc1OC(C)C(=O)N1CCCC1C(=O)O. The molecule has 1 aromatic carbocycles. The highest BCUT2D eigenvalue weighted by atomic mass is 16.5. The van der Waals surface area contributed by atoms with E-state index in [1.54, 1.807) is 31.2 Å². The Balaban J connectivity index is 2.07. The lowest BCUT2D eigenvalue weighted by Crippen LogP contribution is -2.46. The molecule has 114 valence electrons. The normalized spacial score (nSPS) is 19.1. The minimum Gasteiger partial charge on any atom is -0.493 e. The van der Waals surface area contributed by atoms with Gasteiger partial charge in [0.2, 0.25) is 0 Å². The number of carboxylic acids is 1. The molecule has 0 radical (unpaired) electrons. The number of carbonyl (C=O) groups excluding carboxylic acids is 1. The maximum Gasteiger partial charge on any atom is 0.326 e. The molecule has 0 aromatic heterocycles. The summed E-state index contributed by atoms with van der Waals surface area (Å²) in [6.07, 6.45) is 0.424. The van der Waals surface area contributed by atoms with Crippen LogP contribution in [-0.2, 0) is 9.59 Å². The predicted molar refractivity (Wildman–Crippen MR) is 75.5 cm³/mol. The van der Waals surface area contributed by atoms with E-state index in [0.29, 0.717) is 30.9 Å². The number of hydrogen-bond donors (Lipinski definition) is 1. The molecule has 1 heterocycles. The summed E-state index contributed by atoms with van der Waals surface area (Å²) in [5.74, 6) is -0.281. The lowest BCUT2D eigenvalue weighted by molar-refractivity contribution is -0.150. The van der Waals surface area contributed by atoms with Crippen LogP contribution in [-0.4, -0.2) is 47.7 Å². The Morgan fingerprint density at radius 3 is 2.62 bits per heavy atom. The van der Waals surface area contributed by atoms with Gasteiger partial charge in [0.25, 0.3) is 5.91 Å². The van der Waals surface area contributed by atoms with E-state index < -0.39 is 18.1 Å². The molecule has 1 fully saturated rings. The second-order valence-electron chi connectivity index (χ2n) is 4.94. The molecule has 2 rings (SSSR count). The fourth-order valence-electron chi connectivity index (χ4n) is 2.48. The van der Waals surface area contributed by atoms with Crippen LogP contribution in [0, 0.1) is 0 Å². The number of ether oxygens (including phenoxy) is 2. The van der Waals surface area contributed by atoms with Crippen LogP contribution in [0.4, 0.5) is 0 Å². The van der Waals surface area contributed by atoms with Gasteiger partial charge < -0.3 is 19.5 Å². The third-order valence-electron chi connectivity index (χ3n) is 3.54. The van der Waals surface area contributed by atoms with E-state index in [1.807, 2.05) is 0 Å². The number of carbonyl (C=O) groups is 2. The van der Waals surface area contributed by atoms with Gasteiger partial charge in [-0.05, 0) is 31.9 Å². The zero-order valence-electron chi connectivity index (χ0n) is 12.1. The van der Waals surface area contributed by atoms with Crippen molar-refractivity contribution < 1.29 is 24.2 Å². The van der Waals surface area contributed by atoms with Crippen molar-refractivity contribution in [2.75, 3.05) is 13.7 Å². The Labute approximate surface area is 123 Å². The van der Waals surface area contributed by atoms with Crippen LogP contribution < -0.4 is 9.47 Å². The van der Waals surface area contributed by atoms with Crippen molar-refractivity contribution >= 4 is 11.9 Å². The van der Waals surface area contributed by atoms with E-state index in [0.717, 1.165) is 0 Å². The molecule has 1 amide bonds. The van der Waals surface area contributed by atoms with Crippen LogP contribution in [0.2, 0.25) is 0 Å². The maximum absolute atomic E-state index is 12.4. The number of hydrogen-bond acceptors (Lipinski definition) is 4. The van der Waals surface area contributed by atoms with Crippen molar-refractivity contribution in [3.63, 3.8) is 0 Å². The van der Waals surface area contributed by atoms with Gasteiger partial charge in [-0.3, -0.25) is 4.79 Å². The minimum absolute atomic E-state index is 0.314. The van der Waals surface area contributed by atoms with Gasteiger partial charge in [-0.2, -0.15) is 0 Å². The molecule has 1 aromatic rings. The lowest BCUT2D eigenvalue weighted by Gasteiger charge is -2.25. The van der Waals surface area contributed by atoms with E-state index >= 15 is 0 Å². The molecule has 21 heavy (non-hydrogen) atoms. The highest BCUT2D eigenvalue weighted by molar-refractivity contribution is 5.87. The van der Waals surface area contributed by atoms with Crippen LogP contribution in [0.15, 0.2) is 24.3 Å². The van der Waals surface area contributed by atoms with Crippen molar-refractivity contribution in [2.24, 2.45) is 0 Å². The van der Waals surface area contributed by atoms with Crippen LogP contribution in [0.5, 0.6) is 11.5 Å². The first-order chi connectivity index (χ1) is 10.0. The van der Waals surface area contributed by atoms with E-state index in [1.165, 1.54) is 12.0 Å². The van der Waals surface area contributed by atoms with E-state index in [-0.39, 0.29) is 5.91 Å². The van der Waals surface area contributed by atoms with Crippen molar-refractivity contribution in [1.82, 2.24) is 4.90 Å². The first kappa shape index (κ1) is 15.2. The first-order valence-electron chi connectivity index (χ1n) is 6.87. The van der Waals surface area contributed by atoms with Crippen molar-refractivity contribution in [2.45, 2.75) is 31.9 Å². The van der Waals surface area contributed by atoms with Crippen LogP contribution in [0.3, 0.4) is 0 Å². The molecule has 1 aliphatic heterocycles. The van der Waals surface area contributed by atoms with E-state index in [4.69, 9.17) is 14.6 Å². The number of carboxylic acid groups (broad SMARTS) is 1. The molecule has 1 saturated heterocycles. The highest BCUT2D eigenvalue weighted by Crippen LogP contribution is 2.28. The van der Waals surface area contributed by atoms with Crippen molar-refractivity contribution in [3.8, 4) is 11.5 Å². The minimum atomic E-state index is -0.967. The number of rotatable bonds is 5. The van der Waals surface area contributed by atoms with Crippen molar-refractivity contribution in [3.05, 3.63) is 24.3 Å². The zero-order valence-corrected chi connectivity index (χ0v) is 12.1. The molecular formula is C15H19NO5. The molecule has 0 spiro atoms. The molecule has 2 atom stereocenters. The molecular weight excluding hydrogens is 274 g/mol. The van der Waals surface area contributed by atoms with Gasteiger partial charge in [0, 0.05) is 6.54 Å². The first-order valence-corrected chi connectivity index (χ1v) is 6.87. The quantitative estimate of drug-likeness (QED) is 0.891. The lowest BCUT2D eigenvalue weighted by atomic mass is 10.2. The summed E-state index contributed by atoms with van der Waals surface area (Å²) >= 11 is 0. The summed E-state index contributed by atoms with van der Waals surface area (Å²) in [7, 11) is 1.52. The molecule has 2 unspecified atom stereocenters. The fraction of sp³-hybridized carbons (Fsp3) is 0.467. The van der Waals surface area contributed by atoms with Gasteiger partial charge in [-0.15, -0.1) is 0 Å². The number of nitrogens with zero attached hydrogens (tertiary/aromatic N) is 1. The highest BCUT2D eigenvalue weighted by Gasteiger charge is 2.36. The third kappa shape index (κ3) is 3.26. The Morgan fingerprint density at radius 2 is 2.00 bits per heavy atom. The molecule has 0 aliphatic carbocycles. The average Bonchev–Trinajstić information content (AvgIpc) is 2.96. The Bertz CT molecular complexity index is 531. The van der Waals surface area contributed by atoms with Crippen LogP contribution >= 0.6 is 0 Å². The molecule has 0 saturated carbocycles. The summed E-state index contributed by atoms with van der Waals surface area (Å²) in [4.78, 5) is 24.9. The van der Waals surface area contributed by atoms with Crippen molar-refractivity contribution in [1.29, 1.82) is 0 Å². The topological polar surface area (TPSA) is 76.1 Å². The van der Waals surface area contributed by atoms with E-state index in [2.05, 4.69) is 0 Å². The number of amides is 1. The Morgan fingerprint density at radius 1 is 1.33 bits per heavy atom. The largest absolute Gasteiger partial charge is 0.493 e. The average molecular weight is 293 g/mol. The molecule has 1 N–H and O–H groups in total. The van der Waals surface area contributed by atoms with Crippen LogP contribution in [0.1, 0.15) is 19.8 Å². The summed E-state index contributed by atoms with van der Waals surface area (Å²) < 4.78 is 10.8. The van der Waals surface area contributed by atoms with Gasteiger partial charge in [-0.25, -0.2) is 4.79 Å². The fourth-order valence-corrected chi connectivity index (χ4v) is 2.48. The van der Waals surface area contributed by atoms with Gasteiger partial charge >= 0.3 is 5.97 Å². The smallest absolute Gasteiger partial charge is 0.326 e. The summed E-state index contributed by atoms with van der Waals surface area (Å²) in [6, 6.07) is 6.29. The number of para-hydroxylation sites is 2. The summed E-state index contributed by atoms with van der Waals surface area (Å²) in [5, 5.41) is 9.13. The van der Waals surface area contributed by atoms with Gasteiger partial charge in [-0.1, -0.05) is 12.1 Å². The Kier molecular flexibility index (Phi) is 4.67. The monoisotopic (exact) mass is 293 g/mol. The number of methoxy groups -OCH3 is 1. The third-order valence-corrected chi connectivity index (χ3v) is 3.54. The number of benzene rings is 1. The molecule has 6 heteroatoms. The predicted octanol–water partition coefficient (Wildman–Crippen LogP) is 1.54. The summed E-state index contributed by atoms with van der Waals surface area (Å²) in [6.45, 7) is 2.07. The molecule has 1 aliphatic rings. The van der Waals surface area contributed by atoms with Crippen LogP contribution in [0.25, 0.3) is 0 Å². The molecule has 6 nitrogen and oxygen atoms in total. The van der Waals surface area contributed by atoms with Gasteiger partial charge in [0.1, 0.15) is 6.04 Å². The maximum atomic E-state index is 12.4. The van der Waals surface area contributed by atoms with Gasteiger partial charge in [0.05, 0.1) is 7.11 Å². The summed E-state index contributed by atoms with van der Waals surface area (Å²) in [5.41, 5.74) is 0. The zero-order chi connectivity index (χ0) is 15.4. The number of aliphatic carboxylic acids is 1. The molecule has 0 bridgehead atoms. The number of likely N-dealkylation sites (tertiary alicyclic amines) is 1.